The number of nitro groups is 1. The standard InChI is InChI=1S/C20H24N4O6S/c1-15-6-7-16(12-18(15)31(29,30)23-10-4-2-3-5-11-23)21-19(25)14-22-13-17(24(27)28)8-9-20(22)26/h6-9,12-13H,2-5,10-11,14H2,1H3,(H,21,25). The zero-order chi connectivity index (χ0) is 22.6. The number of nitrogens with one attached hydrogen (secondary N) is 1. The molecule has 11 heteroatoms. The maximum absolute atomic E-state index is 13.1. The normalized spacial score (nSPS) is 15.3. The van der Waals surface area contributed by atoms with Crippen molar-refractivity contribution in [3.8, 4) is 0 Å². The van der Waals surface area contributed by atoms with Crippen molar-refractivity contribution < 1.29 is 18.1 Å². The van der Waals surface area contributed by atoms with Crippen molar-refractivity contribution in [1.29, 1.82) is 0 Å². The van der Waals surface area contributed by atoms with Gasteiger partial charge in [-0.1, -0.05) is 18.9 Å². The minimum absolute atomic E-state index is 0.125. The average molecular weight is 449 g/mol. The van der Waals surface area contributed by atoms with Crippen molar-refractivity contribution in [2.24, 2.45) is 0 Å². The fraction of sp³-hybridized carbons (Fsp3) is 0.400. The lowest BCUT2D eigenvalue weighted by molar-refractivity contribution is -0.385. The largest absolute Gasteiger partial charge is 0.324 e. The molecular weight excluding hydrogens is 424 g/mol. The zero-order valence-corrected chi connectivity index (χ0v) is 17.9. The highest BCUT2D eigenvalue weighted by atomic mass is 32.2. The van der Waals surface area contributed by atoms with E-state index in [9.17, 15) is 28.1 Å². The molecular formula is C20H24N4O6S. The summed E-state index contributed by atoms with van der Waals surface area (Å²) in [6.45, 7) is 2.18. The van der Waals surface area contributed by atoms with Crippen LogP contribution in [0.25, 0.3) is 0 Å². The van der Waals surface area contributed by atoms with Crippen molar-refractivity contribution >= 4 is 27.3 Å². The number of aryl methyl sites for hydroxylation is 1. The smallest absolute Gasteiger partial charge is 0.285 e. The van der Waals surface area contributed by atoms with Gasteiger partial charge < -0.3 is 5.32 Å². The second-order valence-electron chi connectivity index (χ2n) is 7.46. The summed E-state index contributed by atoms with van der Waals surface area (Å²) in [5, 5.41) is 13.5. The number of hydrogen-bond acceptors (Lipinski definition) is 6. The Morgan fingerprint density at radius 1 is 1.13 bits per heavy atom. The molecule has 0 saturated carbocycles. The van der Waals surface area contributed by atoms with Crippen molar-refractivity contribution in [3.63, 3.8) is 0 Å². The van der Waals surface area contributed by atoms with Crippen molar-refractivity contribution in [2.45, 2.75) is 44.0 Å². The maximum Gasteiger partial charge on any atom is 0.285 e. The highest BCUT2D eigenvalue weighted by Crippen LogP contribution is 2.26. The minimum atomic E-state index is -3.70. The lowest BCUT2D eigenvalue weighted by Crippen LogP contribution is -2.32. The average Bonchev–Trinajstić information content (AvgIpc) is 3.01. The van der Waals surface area contributed by atoms with E-state index < -0.39 is 33.0 Å². The number of anilines is 1. The van der Waals surface area contributed by atoms with Gasteiger partial charge >= 0.3 is 0 Å². The first-order valence-corrected chi connectivity index (χ1v) is 11.4. The Morgan fingerprint density at radius 3 is 2.45 bits per heavy atom. The number of hydrogen-bond donors (Lipinski definition) is 1. The molecule has 0 aliphatic carbocycles. The molecule has 0 unspecified atom stereocenters. The molecule has 1 amide bonds. The molecule has 3 rings (SSSR count). The lowest BCUT2D eigenvalue weighted by atomic mass is 10.2. The van der Waals surface area contributed by atoms with E-state index in [1.165, 1.54) is 10.4 Å². The third kappa shape index (κ3) is 5.36. The number of amides is 1. The fourth-order valence-electron chi connectivity index (χ4n) is 3.48. The molecule has 1 fully saturated rings. The van der Waals surface area contributed by atoms with Gasteiger partial charge in [-0.3, -0.25) is 24.3 Å². The van der Waals surface area contributed by atoms with Crippen LogP contribution in [0.3, 0.4) is 0 Å². The van der Waals surface area contributed by atoms with Crippen LogP contribution in [0.1, 0.15) is 31.2 Å². The SMILES string of the molecule is Cc1ccc(NC(=O)Cn2cc([N+](=O)[O-])ccc2=O)cc1S(=O)(=O)N1CCCCCC1. The number of nitrogens with zero attached hydrogens (tertiary/aromatic N) is 3. The Labute approximate surface area is 179 Å². The molecule has 1 aliphatic heterocycles. The molecule has 1 aliphatic rings. The summed E-state index contributed by atoms with van der Waals surface area (Å²) in [7, 11) is -3.70. The van der Waals surface area contributed by atoms with Crippen LogP contribution >= 0.6 is 0 Å². The first kappa shape index (κ1) is 22.6. The van der Waals surface area contributed by atoms with Crippen LogP contribution in [-0.4, -0.2) is 41.2 Å². The molecule has 0 spiro atoms. The number of sulfonamides is 1. The predicted molar refractivity (Wildman–Crippen MR) is 114 cm³/mol. The van der Waals surface area contributed by atoms with Crippen LogP contribution in [0.5, 0.6) is 0 Å². The first-order valence-electron chi connectivity index (χ1n) is 9.94. The zero-order valence-electron chi connectivity index (χ0n) is 17.1. The number of carbonyl (C=O) groups excluding carboxylic acids is 1. The van der Waals surface area contributed by atoms with Crippen LogP contribution in [0.2, 0.25) is 0 Å². The van der Waals surface area contributed by atoms with E-state index >= 15 is 0 Å². The molecule has 1 N–H and O–H groups in total. The summed E-state index contributed by atoms with van der Waals surface area (Å²) in [6, 6.07) is 6.67. The Hall–Kier alpha value is -3.05. The van der Waals surface area contributed by atoms with Gasteiger partial charge in [-0.15, -0.1) is 0 Å². The van der Waals surface area contributed by atoms with Gasteiger partial charge in [0.15, 0.2) is 0 Å². The molecule has 2 heterocycles. The molecule has 0 atom stereocenters. The number of carbonyl (C=O) groups is 1. The van der Waals surface area contributed by atoms with E-state index in [0.29, 0.717) is 18.7 Å². The van der Waals surface area contributed by atoms with E-state index in [1.54, 1.807) is 19.1 Å². The van der Waals surface area contributed by atoms with E-state index in [4.69, 9.17) is 0 Å². The van der Waals surface area contributed by atoms with Gasteiger partial charge in [-0.05, 0) is 37.5 Å². The topological polar surface area (TPSA) is 132 Å². The number of benzene rings is 1. The third-order valence-corrected chi connectivity index (χ3v) is 7.19. The van der Waals surface area contributed by atoms with Crippen LogP contribution in [-0.2, 0) is 21.4 Å². The summed E-state index contributed by atoms with van der Waals surface area (Å²) in [5.41, 5.74) is -0.0396. The Bertz CT molecular complexity index is 1150. The summed E-state index contributed by atoms with van der Waals surface area (Å²) >= 11 is 0. The van der Waals surface area contributed by atoms with Crippen molar-refractivity contribution in [2.75, 3.05) is 18.4 Å². The number of aromatic nitrogens is 1. The van der Waals surface area contributed by atoms with Gasteiger partial charge in [0.1, 0.15) is 6.54 Å². The molecule has 0 bridgehead atoms. The molecule has 0 radical (unpaired) electrons. The summed E-state index contributed by atoms with van der Waals surface area (Å²) in [6.07, 6.45) is 4.61. The van der Waals surface area contributed by atoms with Gasteiger partial charge in [-0.2, -0.15) is 4.31 Å². The Morgan fingerprint density at radius 2 is 1.81 bits per heavy atom. The number of rotatable bonds is 6. The summed E-state index contributed by atoms with van der Waals surface area (Å²) in [5.74, 6) is -0.607. The Kier molecular flexibility index (Phi) is 6.86. The monoisotopic (exact) mass is 448 g/mol. The lowest BCUT2D eigenvalue weighted by Gasteiger charge is -2.21. The van der Waals surface area contributed by atoms with Crippen LogP contribution in [0.4, 0.5) is 11.4 Å². The van der Waals surface area contributed by atoms with E-state index in [-0.39, 0.29) is 16.3 Å². The van der Waals surface area contributed by atoms with Gasteiger partial charge in [0.05, 0.1) is 16.0 Å². The predicted octanol–water partition coefficient (Wildman–Crippen LogP) is 2.27. The van der Waals surface area contributed by atoms with E-state index in [2.05, 4.69) is 5.32 Å². The van der Waals surface area contributed by atoms with E-state index in [1.807, 2.05) is 0 Å². The van der Waals surface area contributed by atoms with Crippen LogP contribution in [0.15, 0.2) is 46.2 Å². The molecule has 1 saturated heterocycles. The molecule has 10 nitrogen and oxygen atoms in total. The van der Waals surface area contributed by atoms with Gasteiger partial charge in [0, 0.05) is 30.9 Å². The second kappa shape index (κ2) is 9.40. The van der Waals surface area contributed by atoms with Gasteiger partial charge in [-0.25, -0.2) is 8.42 Å². The molecule has 166 valence electrons. The highest BCUT2D eigenvalue weighted by Gasteiger charge is 2.27. The van der Waals surface area contributed by atoms with Crippen LogP contribution < -0.4 is 10.9 Å². The molecule has 1 aromatic heterocycles. The van der Waals surface area contributed by atoms with Gasteiger partial charge in [0.2, 0.25) is 15.9 Å². The van der Waals surface area contributed by atoms with E-state index in [0.717, 1.165) is 48.6 Å². The van der Waals surface area contributed by atoms with Crippen LogP contribution in [0, 0.1) is 17.0 Å². The minimum Gasteiger partial charge on any atom is -0.324 e. The first-order chi connectivity index (χ1) is 14.7. The van der Waals surface area contributed by atoms with Crippen molar-refractivity contribution in [1.82, 2.24) is 8.87 Å². The summed E-state index contributed by atoms with van der Waals surface area (Å²) < 4.78 is 28.7. The molecule has 31 heavy (non-hydrogen) atoms. The second-order valence-corrected chi connectivity index (χ2v) is 9.36. The third-order valence-electron chi connectivity index (χ3n) is 5.15. The summed E-state index contributed by atoms with van der Waals surface area (Å²) in [4.78, 5) is 34.6. The Balaban J connectivity index is 1.80. The maximum atomic E-state index is 13.1. The quantitative estimate of drug-likeness (QED) is 0.533. The fourth-order valence-corrected chi connectivity index (χ4v) is 5.25. The van der Waals surface area contributed by atoms with Gasteiger partial charge in [0.25, 0.3) is 11.2 Å². The molecule has 1 aromatic carbocycles. The number of pyridine rings is 1. The van der Waals surface area contributed by atoms with Crippen molar-refractivity contribution in [3.05, 3.63) is 62.6 Å². The highest BCUT2D eigenvalue weighted by molar-refractivity contribution is 7.89. The molecule has 2 aromatic rings.